The molecule has 0 atom stereocenters. The molecule has 0 heterocycles. The Bertz CT molecular complexity index is 626. The number of hydrogen-bond donors (Lipinski definition) is 2. The van der Waals surface area contributed by atoms with E-state index in [0.717, 1.165) is 0 Å². The van der Waals surface area contributed by atoms with Crippen molar-refractivity contribution in [1.82, 2.24) is 5.32 Å². The van der Waals surface area contributed by atoms with Gasteiger partial charge in [0.05, 0.1) is 17.1 Å². The third-order valence-electron chi connectivity index (χ3n) is 2.00. The maximum atomic E-state index is 13.4. The molecule has 1 aromatic carbocycles. The van der Waals surface area contributed by atoms with E-state index in [1.54, 1.807) is 5.32 Å². The number of nitriles is 1. The number of carbonyl (C=O) groups excluding carboxylic acids is 2. The highest BCUT2D eigenvalue weighted by molar-refractivity contribution is 6.39. The molecule has 1 aromatic rings. The molecule has 0 bridgehead atoms. The minimum absolute atomic E-state index is 0.315. The molecular weight excluding hydrogens is 278 g/mol. The summed E-state index contributed by atoms with van der Waals surface area (Å²) in [6.07, 6.45) is 0. The van der Waals surface area contributed by atoms with Gasteiger partial charge in [-0.15, -0.1) is 0 Å². The SMILES string of the molecule is N#CCNC(=O)C(=O)Nc1c(F)cc(F)cc1[N+](=O)[O-]. The molecule has 104 valence electrons. The lowest BCUT2D eigenvalue weighted by molar-refractivity contribution is -0.384. The highest BCUT2D eigenvalue weighted by atomic mass is 19.1. The zero-order valence-electron chi connectivity index (χ0n) is 9.65. The topological polar surface area (TPSA) is 125 Å². The molecule has 2 N–H and O–H groups in total. The molecule has 2 amide bonds. The van der Waals surface area contributed by atoms with Crippen molar-refractivity contribution in [3.63, 3.8) is 0 Å². The quantitative estimate of drug-likeness (QED) is 0.361. The minimum Gasteiger partial charge on any atom is -0.335 e. The van der Waals surface area contributed by atoms with Crippen molar-refractivity contribution in [2.75, 3.05) is 11.9 Å². The van der Waals surface area contributed by atoms with Crippen LogP contribution < -0.4 is 10.6 Å². The average Bonchev–Trinajstić information content (AvgIpc) is 2.38. The van der Waals surface area contributed by atoms with Crippen LogP contribution >= 0.6 is 0 Å². The summed E-state index contributed by atoms with van der Waals surface area (Å²) in [4.78, 5) is 32.0. The van der Waals surface area contributed by atoms with E-state index in [9.17, 15) is 28.5 Å². The van der Waals surface area contributed by atoms with Crippen molar-refractivity contribution >= 4 is 23.2 Å². The average molecular weight is 284 g/mol. The zero-order chi connectivity index (χ0) is 15.3. The molecule has 0 aliphatic rings. The van der Waals surface area contributed by atoms with Gasteiger partial charge in [0.1, 0.15) is 12.4 Å². The summed E-state index contributed by atoms with van der Waals surface area (Å²) < 4.78 is 26.3. The van der Waals surface area contributed by atoms with Crippen molar-refractivity contribution in [2.24, 2.45) is 0 Å². The molecule has 0 saturated heterocycles. The number of rotatable bonds is 3. The second-order valence-corrected chi connectivity index (χ2v) is 3.33. The zero-order valence-corrected chi connectivity index (χ0v) is 9.65. The van der Waals surface area contributed by atoms with Gasteiger partial charge in [0.2, 0.25) is 0 Å². The van der Waals surface area contributed by atoms with Gasteiger partial charge in [0.25, 0.3) is 5.69 Å². The Morgan fingerprint density at radius 2 is 2.00 bits per heavy atom. The standard InChI is InChI=1S/C10H6F2N4O4/c11-5-3-6(12)8(7(4-5)16(19)20)15-10(18)9(17)14-2-1-13/h3-4H,2H2,(H,14,17)(H,15,18). The molecule has 0 fully saturated rings. The lowest BCUT2D eigenvalue weighted by Gasteiger charge is -2.06. The fraction of sp³-hybridized carbons (Fsp3) is 0.100. The molecule has 0 spiro atoms. The van der Waals surface area contributed by atoms with Crippen LogP contribution in [0, 0.1) is 33.1 Å². The van der Waals surface area contributed by atoms with E-state index in [-0.39, 0.29) is 0 Å². The van der Waals surface area contributed by atoms with Gasteiger partial charge in [0, 0.05) is 6.07 Å². The van der Waals surface area contributed by atoms with Gasteiger partial charge in [-0.25, -0.2) is 8.78 Å². The predicted octanol–water partition coefficient (Wildman–Crippen LogP) is 0.451. The Hall–Kier alpha value is -3.09. The van der Waals surface area contributed by atoms with E-state index in [2.05, 4.69) is 0 Å². The number of anilines is 1. The summed E-state index contributed by atoms with van der Waals surface area (Å²) in [5.41, 5.74) is -1.97. The molecule has 0 unspecified atom stereocenters. The lowest BCUT2D eigenvalue weighted by atomic mass is 10.2. The van der Waals surface area contributed by atoms with Gasteiger partial charge in [0.15, 0.2) is 11.5 Å². The van der Waals surface area contributed by atoms with Crippen molar-refractivity contribution in [3.05, 3.63) is 33.9 Å². The summed E-state index contributed by atoms with van der Waals surface area (Å²) in [6.45, 7) is -0.472. The molecule has 20 heavy (non-hydrogen) atoms. The first kappa shape index (κ1) is 15.0. The van der Waals surface area contributed by atoms with E-state index in [0.29, 0.717) is 12.1 Å². The van der Waals surface area contributed by atoms with Crippen LogP contribution in [0.3, 0.4) is 0 Å². The third kappa shape index (κ3) is 3.45. The second-order valence-electron chi connectivity index (χ2n) is 3.33. The molecular formula is C10H6F2N4O4. The largest absolute Gasteiger partial charge is 0.335 e. The van der Waals surface area contributed by atoms with Gasteiger partial charge in [-0.1, -0.05) is 0 Å². The van der Waals surface area contributed by atoms with Crippen LogP contribution in [0.4, 0.5) is 20.2 Å². The van der Waals surface area contributed by atoms with Crippen LogP contribution in [0.2, 0.25) is 0 Å². The predicted molar refractivity (Wildman–Crippen MR) is 60.3 cm³/mol. The molecule has 0 aliphatic carbocycles. The van der Waals surface area contributed by atoms with Gasteiger partial charge < -0.3 is 10.6 Å². The smallest absolute Gasteiger partial charge is 0.313 e. The van der Waals surface area contributed by atoms with Crippen molar-refractivity contribution in [1.29, 1.82) is 5.26 Å². The number of benzene rings is 1. The van der Waals surface area contributed by atoms with Crippen LogP contribution in [-0.4, -0.2) is 23.3 Å². The van der Waals surface area contributed by atoms with Gasteiger partial charge in [-0.05, 0) is 0 Å². The molecule has 1 rings (SSSR count). The molecule has 8 nitrogen and oxygen atoms in total. The number of nitro groups is 1. The molecule has 0 aliphatic heterocycles. The molecule has 10 heteroatoms. The number of amides is 2. The summed E-state index contributed by atoms with van der Waals surface area (Å²) in [6, 6.07) is 2.23. The number of nitrogens with one attached hydrogen (secondary N) is 2. The molecule has 0 radical (unpaired) electrons. The van der Waals surface area contributed by atoms with E-state index in [4.69, 9.17) is 5.26 Å². The van der Waals surface area contributed by atoms with Gasteiger partial charge >= 0.3 is 11.8 Å². The lowest BCUT2D eigenvalue weighted by Crippen LogP contribution is -2.35. The third-order valence-corrected chi connectivity index (χ3v) is 2.00. The number of nitrogens with zero attached hydrogens (tertiary/aromatic N) is 2. The fourth-order valence-electron chi connectivity index (χ4n) is 1.20. The maximum Gasteiger partial charge on any atom is 0.313 e. The Kier molecular flexibility index (Phi) is 4.63. The Morgan fingerprint density at radius 1 is 1.35 bits per heavy atom. The Morgan fingerprint density at radius 3 is 2.55 bits per heavy atom. The summed E-state index contributed by atoms with van der Waals surface area (Å²) >= 11 is 0. The van der Waals surface area contributed by atoms with Crippen molar-refractivity contribution in [3.8, 4) is 6.07 Å². The number of nitro benzene ring substituents is 1. The summed E-state index contributed by atoms with van der Waals surface area (Å²) in [5, 5.41) is 22.3. The minimum atomic E-state index is -1.42. The number of carbonyl (C=O) groups is 2. The monoisotopic (exact) mass is 284 g/mol. The van der Waals surface area contributed by atoms with E-state index in [1.807, 2.05) is 5.32 Å². The van der Waals surface area contributed by atoms with Crippen molar-refractivity contribution < 1.29 is 23.3 Å². The van der Waals surface area contributed by atoms with Crippen LogP contribution in [0.5, 0.6) is 0 Å². The van der Waals surface area contributed by atoms with Crippen molar-refractivity contribution in [2.45, 2.75) is 0 Å². The summed E-state index contributed by atoms with van der Waals surface area (Å²) in [7, 11) is 0. The number of hydrogen-bond acceptors (Lipinski definition) is 5. The second kappa shape index (κ2) is 6.19. The fourth-order valence-corrected chi connectivity index (χ4v) is 1.20. The Balaban J connectivity index is 3.03. The molecule has 0 saturated carbocycles. The van der Waals surface area contributed by atoms with Gasteiger partial charge in [-0.2, -0.15) is 5.26 Å². The first-order valence-corrected chi connectivity index (χ1v) is 4.96. The van der Waals surface area contributed by atoms with Crippen LogP contribution in [0.1, 0.15) is 0 Å². The van der Waals surface area contributed by atoms with Gasteiger partial charge in [-0.3, -0.25) is 19.7 Å². The maximum absolute atomic E-state index is 13.4. The normalized spacial score (nSPS) is 9.45. The Labute approximate surface area is 110 Å². The van der Waals surface area contributed by atoms with E-state index >= 15 is 0 Å². The van der Waals surface area contributed by atoms with Crippen LogP contribution in [-0.2, 0) is 9.59 Å². The van der Waals surface area contributed by atoms with E-state index < -0.39 is 46.3 Å². The number of halogens is 2. The highest BCUT2D eigenvalue weighted by Gasteiger charge is 2.24. The van der Waals surface area contributed by atoms with Crippen LogP contribution in [0.15, 0.2) is 12.1 Å². The molecule has 0 aromatic heterocycles. The van der Waals surface area contributed by atoms with Crippen LogP contribution in [0.25, 0.3) is 0 Å². The first-order chi connectivity index (χ1) is 9.36. The van der Waals surface area contributed by atoms with E-state index in [1.165, 1.54) is 6.07 Å². The summed E-state index contributed by atoms with van der Waals surface area (Å²) in [5.74, 6) is -5.32. The highest BCUT2D eigenvalue weighted by Crippen LogP contribution is 2.28. The first-order valence-electron chi connectivity index (χ1n) is 4.96.